The van der Waals surface area contributed by atoms with E-state index in [-0.39, 0.29) is 30.4 Å². The van der Waals surface area contributed by atoms with E-state index in [1.807, 2.05) is 17.0 Å². The van der Waals surface area contributed by atoms with Crippen LogP contribution in [0.1, 0.15) is 57.0 Å². The summed E-state index contributed by atoms with van der Waals surface area (Å²) in [4.78, 5) is 27.5. The minimum Gasteiger partial charge on any atom is -0.389 e. The first-order valence-electron chi connectivity index (χ1n) is 13.4. The van der Waals surface area contributed by atoms with E-state index < -0.39 is 11.4 Å². The number of carbonyl (C=O) groups is 1. The number of anilines is 1. The second kappa shape index (κ2) is 10.7. The zero-order chi connectivity index (χ0) is 28.7. The number of tetrazole rings is 1. The molecular formula is C28H29ClFN9O2. The summed E-state index contributed by atoms with van der Waals surface area (Å²) in [7, 11) is 0. The molecule has 2 atom stereocenters. The van der Waals surface area contributed by atoms with Crippen molar-refractivity contribution in [1.82, 2.24) is 40.1 Å². The predicted molar refractivity (Wildman–Crippen MR) is 151 cm³/mol. The number of carbonyl (C=O) groups excluding carboxylic acids is 1. The maximum Gasteiger partial charge on any atom is 0.247 e. The Kier molecular flexibility index (Phi) is 7.04. The van der Waals surface area contributed by atoms with Gasteiger partial charge in [0, 0.05) is 41.0 Å². The van der Waals surface area contributed by atoms with Gasteiger partial charge in [-0.1, -0.05) is 11.6 Å². The van der Waals surface area contributed by atoms with Crippen LogP contribution >= 0.6 is 11.6 Å². The van der Waals surface area contributed by atoms with Crippen LogP contribution in [0.4, 0.5) is 10.2 Å². The summed E-state index contributed by atoms with van der Waals surface area (Å²) >= 11 is 6.34. The molecule has 4 aromatic rings. The molecule has 0 spiro atoms. The fraction of sp³-hybridized carbons (Fsp3) is 0.357. The van der Waals surface area contributed by atoms with Gasteiger partial charge in [-0.05, 0) is 79.8 Å². The summed E-state index contributed by atoms with van der Waals surface area (Å²) in [6.07, 6.45) is 9.29. The molecule has 0 radical (unpaired) electrons. The molecule has 13 heteroatoms. The maximum atomic E-state index is 15.3. The van der Waals surface area contributed by atoms with Gasteiger partial charge in [0.2, 0.25) is 5.91 Å². The number of aromatic amines is 1. The number of benzene rings is 1. The standard InChI is InChI=1S/C28H29ClFN9O2/c1-28(2,41)14-33-27-25(30)19(9-10-31-27)21-13-32-26(35-21)23-8-6-18-5-3-16(11-24(40)39(18)23)20-12-17(29)4-7-22(20)38-15-34-36-37-38/h4,7,9-13,15,18,23,41H,3,5-6,8,14H2,1-2H3,(H,31,33)(H,32,35)/t18-,23-/m0/s1. The molecule has 2 aliphatic rings. The van der Waals surface area contributed by atoms with Gasteiger partial charge in [0.1, 0.15) is 12.2 Å². The first kappa shape index (κ1) is 27.0. The fourth-order valence-corrected chi connectivity index (χ4v) is 5.73. The molecule has 1 fully saturated rings. The van der Waals surface area contributed by atoms with Crippen molar-refractivity contribution in [3.8, 4) is 16.9 Å². The largest absolute Gasteiger partial charge is 0.389 e. The van der Waals surface area contributed by atoms with E-state index in [9.17, 15) is 9.90 Å². The molecule has 1 aromatic carbocycles. The smallest absolute Gasteiger partial charge is 0.247 e. The van der Waals surface area contributed by atoms with Gasteiger partial charge in [-0.3, -0.25) is 4.79 Å². The van der Waals surface area contributed by atoms with Crippen molar-refractivity contribution in [2.45, 2.75) is 57.2 Å². The molecule has 6 rings (SSSR count). The zero-order valence-electron chi connectivity index (χ0n) is 22.6. The Morgan fingerprint density at radius 2 is 2.05 bits per heavy atom. The van der Waals surface area contributed by atoms with Crippen molar-refractivity contribution in [2.24, 2.45) is 0 Å². The molecule has 1 saturated heterocycles. The van der Waals surface area contributed by atoms with Crippen LogP contribution in [0.5, 0.6) is 0 Å². The van der Waals surface area contributed by atoms with Crippen LogP contribution < -0.4 is 5.32 Å². The fourth-order valence-electron chi connectivity index (χ4n) is 5.55. The monoisotopic (exact) mass is 577 g/mol. The van der Waals surface area contributed by atoms with E-state index in [1.165, 1.54) is 12.5 Å². The van der Waals surface area contributed by atoms with Crippen LogP contribution in [0.25, 0.3) is 22.5 Å². The summed E-state index contributed by atoms with van der Waals surface area (Å²) in [6.45, 7) is 3.39. The van der Waals surface area contributed by atoms with Crippen LogP contribution in [-0.4, -0.2) is 69.3 Å². The lowest BCUT2D eigenvalue weighted by atomic mass is 9.97. The number of aromatic nitrogens is 7. The third-order valence-corrected chi connectivity index (χ3v) is 7.72. The number of nitrogens with zero attached hydrogens (tertiary/aromatic N) is 7. The Labute approximate surface area is 240 Å². The minimum atomic E-state index is -1.03. The molecule has 0 bridgehead atoms. The number of hydrogen-bond acceptors (Lipinski definition) is 8. The minimum absolute atomic E-state index is 0.0424. The third kappa shape index (κ3) is 5.44. The number of pyridine rings is 1. The second-order valence-electron chi connectivity index (χ2n) is 11.0. The van der Waals surface area contributed by atoms with Gasteiger partial charge in [-0.15, -0.1) is 5.10 Å². The number of rotatable bonds is 7. The van der Waals surface area contributed by atoms with Crippen molar-refractivity contribution >= 4 is 28.9 Å². The molecule has 1 amide bonds. The summed E-state index contributed by atoms with van der Waals surface area (Å²) in [5.41, 5.74) is 2.16. The highest BCUT2D eigenvalue weighted by molar-refractivity contribution is 6.30. The Balaban J connectivity index is 1.27. The van der Waals surface area contributed by atoms with Gasteiger partial charge >= 0.3 is 0 Å². The van der Waals surface area contributed by atoms with Crippen molar-refractivity contribution in [2.75, 3.05) is 11.9 Å². The second-order valence-corrected chi connectivity index (χ2v) is 11.4. The number of aliphatic hydroxyl groups is 1. The third-order valence-electron chi connectivity index (χ3n) is 7.48. The van der Waals surface area contributed by atoms with Gasteiger partial charge in [0.05, 0.1) is 29.2 Å². The molecule has 41 heavy (non-hydrogen) atoms. The Morgan fingerprint density at radius 3 is 2.83 bits per heavy atom. The lowest BCUT2D eigenvalue weighted by molar-refractivity contribution is -0.128. The molecular weight excluding hydrogens is 549 g/mol. The van der Waals surface area contributed by atoms with E-state index in [0.29, 0.717) is 28.5 Å². The van der Waals surface area contributed by atoms with Crippen molar-refractivity contribution < 1.29 is 14.3 Å². The van der Waals surface area contributed by atoms with Crippen molar-refractivity contribution in [3.63, 3.8) is 0 Å². The molecule has 5 heterocycles. The first-order chi connectivity index (χ1) is 19.7. The van der Waals surface area contributed by atoms with E-state index in [1.54, 1.807) is 42.9 Å². The summed E-state index contributed by atoms with van der Waals surface area (Å²) < 4.78 is 16.9. The Morgan fingerprint density at radius 1 is 1.20 bits per heavy atom. The van der Waals surface area contributed by atoms with Gasteiger partial charge in [-0.2, -0.15) is 4.68 Å². The highest BCUT2D eigenvalue weighted by atomic mass is 35.5. The lowest BCUT2D eigenvalue weighted by Crippen LogP contribution is -2.35. The van der Waals surface area contributed by atoms with Gasteiger partial charge < -0.3 is 20.3 Å². The molecule has 0 aliphatic carbocycles. The lowest BCUT2D eigenvalue weighted by Gasteiger charge is -2.27. The van der Waals surface area contributed by atoms with Gasteiger partial charge in [-0.25, -0.2) is 14.4 Å². The number of imidazole rings is 1. The predicted octanol–water partition coefficient (Wildman–Crippen LogP) is 4.33. The van der Waals surface area contributed by atoms with Crippen LogP contribution in [0.3, 0.4) is 0 Å². The number of allylic oxidation sites excluding steroid dienone is 1. The highest BCUT2D eigenvalue weighted by Crippen LogP contribution is 2.42. The van der Waals surface area contributed by atoms with Crippen LogP contribution in [0.2, 0.25) is 5.02 Å². The number of fused-ring (bicyclic) bond motifs is 1. The van der Waals surface area contributed by atoms with E-state index >= 15 is 4.39 Å². The average molecular weight is 578 g/mol. The van der Waals surface area contributed by atoms with Gasteiger partial charge in [0.15, 0.2) is 11.6 Å². The highest BCUT2D eigenvalue weighted by Gasteiger charge is 2.40. The molecule has 3 N–H and O–H groups in total. The topological polar surface area (TPSA) is 138 Å². The SMILES string of the molecule is CC(C)(O)CNc1nccc(-c2cnc([C@@H]3CC[C@@H]4CCC(c5cc(Cl)ccc5-n5cnnn5)=CC(=O)N43)[nH]2)c1F. The Bertz CT molecular complexity index is 1610. The van der Waals surface area contributed by atoms with E-state index in [4.69, 9.17) is 11.6 Å². The number of H-pyrrole nitrogens is 1. The quantitative estimate of drug-likeness (QED) is 0.295. The number of halogens is 2. The van der Waals surface area contributed by atoms with Crippen molar-refractivity contribution in [3.05, 3.63) is 71.3 Å². The molecule has 3 aromatic heterocycles. The summed E-state index contributed by atoms with van der Waals surface area (Å²) in [5.74, 6) is -0.00968. The molecule has 212 valence electrons. The number of nitrogens with one attached hydrogen (secondary N) is 2. The normalized spacial score (nSPS) is 19.2. The molecule has 11 nitrogen and oxygen atoms in total. The maximum absolute atomic E-state index is 15.3. The molecule has 2 aliphatic heterocycles. The summed E-state index contributed by atoms with van der Waals surface area (Å²) in [6, 6.07) is 6.77. The number of amides is 1. The molecule has 0 saturated carbocycles. The Hall–Kier alpha value is -4.16. The first-order valence-corrected chi connectivity index (χ1v) is 13.8. The molecule has 0 unspecified atom stereocenters. The van der Waals surface area contributed by atoms with Gasteiger partial charge in [0.25, 0.3) is 0 Å². The summed E-state index contributed by atoms with van der Waals surface area (Å²) in [5, 5.41) is 24.9. The zero-order valence-corrected chi connectivity index (χ0v) is 23.3. The van der Waals surface area contributed by atoms with Crippen molar-refractivity contribution in [1.29, 1.82) is 0 Å². The number of hydrogen-bond donors (Lipinski definition) is 3. The average Bonchev–Trinajstić information content (AvgIpc) is 3.69. The van der Waals surface area contributed by atoms with Crippen LogP contribution in [0, 0.1) is 5.82 Å². The van der Waals surface area contributed by atoms with E-state index in [0.717, 1.165) is 36.1 Å². The van der Waals surface area contributed by atoms with Crippen LogP contribution in [-0.2, 0) is 4.79 Å². The van der Waals surface area contributed by atoms with Crippen LogP contribution in [0.15, 0.2) is 49.1 Å². The van der Waals surface area contributed by atoms with E-state index in [2.05, 4.69) is 35.8 Å².